The number of carbonyl (C=O) groups excluding carboxylic acids is 1. The minimum Gasteiger partial charge on any atom is -0.383 e. The van der Waals surface area contributed by atoms with Gasteiger partial charge in [-0.2, -0.15) is 0 Å². The third kappa shape index (κ3) is 6.06. The second-order valence-corrected chi connectivity index (χ2v) is 10.0. The molecule has 162 valence electrons. The highest BCUT2D eigenvalue weighted by molar-refractivity contribution is 7.91. The van der Waals surface area contributed by atoms with Crippen molar-refractivity contribution in [3.8, 4) is 0 Å². The Morgan fingerprint density at radius 1 is 1.10 bits per heavy atom. The predicted molar refractivity (Wildman–Crippen MR) is 119 cm³/mol. The molecule has 1 aliphatic heterocycles. The Kier molecular flexibility index (Phi) is 7.50. The van der Waals surface area contributed by atoms with E-state index in [9.17, 15) is 13.2 Å². The van der Waals surface area contributed by atoms with Gasteiger partial charge in [0, 0.05) is 31.9 Å². The van der Waals surface area contributed by atoms with Crippen molar-refractivity contribution in [3.05, 3.63) is 65.7 Å². The summed E-state index contributed by atoms with van der Waals surface area (Å²) in [6.45, 7) is 3.58. The Morgan fingerprint density at radius 2 is 1.80 bits per heavy atom. The number of aryl methyl sites for hydroxylation is 1. The highest BCUT2D eigenvalue weighted by Gasteiger charge is 2.34. The summed E-state index contributed by atoms with van der Waals surface area (Å²) >= 11 is 0. The van der Waals surface area contributed by atoms with Gasteiger partial charge in [-0.1, -0.05) is 48.0 Å². The Balaban J connectivity index is 1.81. The molecule has 1 amide bonds. The third-order valence-corrected chi connectivity index (χ3v) is 7.20. The van der Waals surface area contributed by atoms with Crippen molar-refractivity contribution in [1.82, 2.24) is 4.90 Å². The van der Waals surface area contributed by atoms with Gasteiger partial charge >= 0.3 is 0 Å². The SMILES string of the molecule is COCCN(C(=O)CN(Cc1ccccc1)c1ccc(C)cc1)C1CCS(=O)(=O)C1. The van der Waals surface area contributed by atoms with Crippen molar-refractivity contribution in [2.24, 2.45) is 0 Å². The first-order valence-corrected chi connectivity index (χ1v) is 12.0. The topological polar surface area (TPSA) is 66.9 Å². The van der Waals surface area contributed by atoms with E-state index >= 15 is 0 Å². The summed E-state index contributed by atoms with van der Waals surface area (Å²) < 4.78 is 29.1. The van der Waals surface area contributed by atoms with Gasteiger partial charge in [0.1, 0.15) is 0 Å². The largest absolute Gasteiger partial charge is 0.383 e. The lowest BCUT2D eigenvalue weighted by Crippen LogP contribution is -2.47. The lowest BCUT2D eigenvalue weighted by Gasteiger charge is -2.32. The highest BCUT2D eigenvalue weighted by atomic mass is 32.2. The number of carbonyl (C=O) groups is 1. The number of methoxy groups -OCH3 is 1. The predicted octanol–water partition coefficient (Wildman–Crippen LogP) is 2.66. The number of hydrogen-bond acceptors (Lipinski definition) is 5. The molecule has 7 heteroatoms. The van der Waals surface area contributed by atoms with E-state index in [1.165, 1.54) is 0 Å². The maximum absolute atomic E-state index is 13.3. The average molecular weight is 431 g/mol. The second kappa shape index (κ2) is 10.1. The lowest BCUT2D eigenvalue weighted by atomic mass is 10.1. The van der Waals surface area contributed by atoms with Crippen LogP contribution in [0.2, 0.25) is 0 Å². The summed E-state index contributed by atoms with van der Waals surface area (Å²) in [6.07, 6.45) is 0.487. The van der Waals surface area contributed by atoms with Crippen LogP contribution in [0.15, 0.2) is 54.6 Å². The van der Waals surface area contributed by atoms with Crippen LogP contribution in [-0.4, -0.2) is 63.6 Å². The molecule has 1 heterocycles. The van der Waals surface area contributed by atoms with Crippen LogP contribution in [0.3, 0.4) is 0 Å². The van der Waals surface area contributed by atoms with Crippen molar-refractivity contribution in [2.45, 2.75) is 25.9 Å². The molecule has 6 nitrogen and oxygen atoms in total. The Morgan fingerprint density at radius 3 is 2.40 bits per heavy atom. The van der Waals surface area contributed by atoms with Crippen molar-refractivity contribution >= 4 is 21.4 Å². The van der Waals surface area contributed by atoms with E-state index in [1.54, 1.807) is 12.0 Å². The minimum absolute atomic E-state index is 0.0334. The van der Waals surface area contributed by atoms with Gasteiger partial charge in [-0.05, 0) is 31.0 Å². The normalized spacial score (nSPS) is 17.6. The van der Waals surface area contributed by atoms with Crippen LogP contribution in [0.25, 0.3) is 0 Å². The average Bonchev–Trinajstić information content (AvgIpc) is 3.08. The monoisotopic (exact) mass is 430 g/mol. The zero-order valence-electron chi connectivity index (χ0n) is 17.7. The molecule has 1 fully saturated rings. The van der Waals surface area contributed by atoms with Gasteiger partial charge in [-0.25, -0.2) is 8.42 Å². The van der Waals surface area contributed by atoms with Gasteiger partial charge in [0.05, 0.1) is 24.7 Å². The first-order valence-electron chi connectivity index (χ1n) is 10.2. The fourth-order valence-electron chi connectivity index (χ4n) is 3.77. The highest BCUT2D eigenvalue weighted by Crippen LogP contribution is 2.21. The summed E-state index contributed by atoms with van der Waals surface area (Å²) in [5.41, 5.74) is 3.23. The van der Waals surface area contributed by atoms with E-state index in [0.717, 1.165) is 16.8 Å². The molecule has 1 unspecified atom stereocenters. The Bertz CT molecular complexity index is 929. The fraction of sp³-hybridized carbons (Fsp3) is 0.435. The number of amides is 1. The molecule has 1 saturated heterocycles. The van der Waals surface area contributed by atoms with E-state index < -0.39 is 9.84 Å². The fourth-order valence-corrected chi connectivity index (χ4v) is 5.50. The summed E-state index contributed by atoms with van der Waals surface area (Å²) in [5.74, 6) is 0.0943. The van der Waals surface area contributed by atoms with E-state index in [2.05, 4.69) is 0 Å². The molecule has 0 radical (unpaired) electrons. The van der Waals surface area contributed by atoms with Crippen LogP contribution in [-0.2, 0) is 25.9 Å². The molecule has 3 rings (SSSR count). The molecule has 30 heavy (non-hydrogen) atoms. The molecule has 2 aromatic rings. The van der Waals surface area contributed by atoms with Crippen LogP contribution in [0.4, 0.5) is 5.69 Å². The number of rotatable bonds is 9. The van der Waals surface area contributed by atoms with E-state index in [0.29, 0.717) is 26.1 Å². The molecule has 0 saturated carbocycles. The molecular weight excluding hydrogens is 400 g/mol. The van der Waals surface area contributed by atoms with Gasteiger partial charge in [0.15, 0.2) is 9.84 Å². The maximum atomic E-state index is 13.3. The summed E-state index contributed by atoms with van der Waals surface area (Å²) in [5, 5.41) is 0. The lowest BCUT2D eigenvalue weighted by molar-refractivity contribution is -0.132. The van der Waals surface area contributed by atoms with Crippen LogP contribution in [0, 0.1) is 6.92 Å². The number of anilines is 1. The molecule has 1 aliphatic rings. The number of sulfone groups is 1. The summed E-state index contributed by atoms with van der Waals surface area (Å²) in [7, 11) is -1.50. The minimum atomic E-state index is -3.08. The number of benzene rings is 2. The number of ether oxygens (including phenoxy) is 1. The molecule has 0 spiro atoms. The van der Waals surface area contributed by atoms with E-state index in [4.69, 9.17) is 4.74 Å². The van der Waals surface area contributed by atoms with Gasteiger partial charge in [0.2, 0.25) is 5.91 Å². The van der Waals surface area contributed by atoms with Gasteiger partial charge in [-0.15, -0.1) is 0 Å². The standard InChI is InChI=1S/C23H30N2O4S/c1-19-8-10-21(11-9-19)24(16-20-6-4-3-5-7-20)17-23(26)25(13-14-29-2)22-12-15-30(27,28)18-22/h3-11,22H,12-18H2,1-2H3. The molecule has 0 N–H and O–H groups in total. The van der Waals surface area contributed by atoms with E-state index in [1.807, 2.05) is 66.4 Å². The first kappa shape index (κ1) is 22.3. The molecular formula is C23H30N2O4S. The summed E-state index contributed by atoms with van der Waals surface area (Å²) in [4.78, 5) is 17.1. The molecule has 0 aliphatic carbocycles. The van der Waals surface area contributed by atoms with Gasteiger partial charge < -0.3 is 14.5 Å². The zero-order valence-corrected chi connectivity index (χ0v) is 18.5. The van der Waals surface area contributed by atoms with Gasteiger partial charge in [0.25, 0.3) is 0 Å². The second-order valence-electron chi connectivity index (χ2n) is 7.81. The molecule has 2 aromatic carbocycles. The van der Waals surface area contributed by atoms with Gasteiger partial charge in [-0.3, -0.25) is 4.79 Å². The van der Waals surface area contributed by atoms with Crippen LogP contribution in [0.1, 0.15) is 17.5 Å². The van der Waals surface area contributed by atoms with Crippen LogP contribution in [0.5, 0.6) is 0 Å². The van der Waals surface area contributed by atoms with Crippen LogP contribution < -0.4 is 4.90 Å². The van der Waals surface area contributed by atoms with Crippen molar-refractivity contribution < 1.29 is 17.9 Å². The number of nitrogens with zero attached hydrogens (tertiary/aromatic N) is 2. The molecule has 0 bridgehead atoms. The van der Waals surface area contributed by atoms with E-state index in [-0.39, 0.29) is 30.0 Å². The van der Waals surface area contributed by atoms with Crippen LogP contribution >= 0.6 is 0 Å². The van der Waals surface area contributed by atoms with Crippen molar-refractivity contribution in [1.29, 1.82) is 0 Å². The number of hydrogen-bond donors (Lipinski definition) is 0. The smallest absolute Gasteiger partial charge is 0.242 e. The maximum Gasteiger partial charge on any atom is 0.242 e. The first-order chi connectivity index (χ1) is 14.4. The summed E-state index contributed by atoms with van der Waals surface area (Å²) in [6, 6.07) is 17.8. The Labute approximate surface area is 179 Å². The van der Waals surface area contributed by atoms with Crippen molar-refractivity contribution in [3.63, 3.8) is 0 Å². The zero-order chi connectivity index (χ0) is 21.6. The molecule has 0 aromatic heterocycles. The molecule has 1 atom stereocenters. The quantitative estimate of drug-likeness (QED) is 0.612. The Hall–Kier alpha value is -2.38. The third-order valence-electron chi connectivity index (χ3n) is 5.45. The van der Waals surface area contributed by atoms with Crippen molar-refractivity contribution in [2.75, 3.05) is 43.2 Å².